The Labute approximate surface area is 202 Å². The minimum absolute atomic E-state index is 0.0326. The fourth-order valence-corrected chi connectivity index (χ4v) is 4.91. The third-order valence-electron chi connectivity index (χ3n) is 5.38. The van der Waals surface area contributed by atoms with Gasteiger partial charge in [-0.15, -0.1) is 0 Å². The lowest BCUT2D eigenvalue weighted by atomic mass is 9.97. The van der Waals surface area contributed by atoms with Crippen molar-refractivity contribution in [3.63, 3.8) is 0 Å². The zero-order chi connectivity index (χ0) is 26.3. The van der Waals surface area contributed by atoms with E-state index in [2.05, 4.69) is 9.97 Å². The van der Waals surface area contributed by atoms with Crippen LogP contribution in [-0.4, -0.2) is 29.9 Å². The van der Waals surface area contributed by atoms with Crippen LogP contribution in [0.15, 0.2) is 54.9 Å². The van der Waals surface area contributed by atoms with Gasteiger partial charge in [0, 0.05) is 28.9 Å². The van der Waals surface area contributed by atoms with Gasteiger partial charge in [0.05, 0.1) is 22.6 Å². The zero-order valence-corrected chi connectivity index (χ0v) is 19.4. The number of alkyl halides is 3. The van der Waals surface area contributed by atoms with Crippen LogP contribution < -0.4 is 4.72 Å². The summed E-state index contributed by atoms with van der Waals surface area (Å²) in [6.45, 7) is 1.60. The van der Waals surface area contributed by atoms with Crippen molar-refractivity contribution in [2.75, 3.05) is 10.5 Å². The van der Waals surface area contributed by atoms with Crippen molar-refractivity contribution in [2.45, 2.75) is 19.5 Å². The number of hydrogen-bond acceptors (Lipinski definition) is 4. The molecule has 0 spiro atoms. The summed E-state index contributed by atoms with van der Waals surface area (Å²) in [4.78, 5) is 19.9. The highest BCUT2D eigenvalue weighted by Gasteiger charge is 2.33. The lowest BCUT2D eigenvalue weighted by Crippen LogP contribution is -2.18. The SMILES string of the molecule is CCCS(=O)(=O)Nc1ccc(F)c(C(=O)c2c[nH]c3ncc(-c4ccccc4C(F)(F)F)cc23)c1F. The van der Waals surface area contributed by atoms with Gasteiger partial charge < -0.3 is 4.98 Å². The number of sulfonamides is 1. The van der Waals surface area contributed by atoms with E-state index in [-0.39, 0.29) is 39.9 Å². The van der Waals surface area contributed by atoms with E-state index in [4.69, 9.17) is 0 Å². The summed E-state index contributed by atoms with van der Waals surface area (Å²) in [7, 11) is -3.94. The molecule has 0 unspecified atom stereocenters. The quantitative estimate of drug-likeness (QED) is 0.233. The molecule has 4 aromatic rings. The molecule has 0 atom stereocenters. The van der Waals surface area contributed by atoms with Gasteiger partial charge in [-0.2, -0.15) is 13.2 Å². The van der Waals surface area contributed by atoms with Crippen LogP contribution in [0.3, 0.4) is 0 Å². The number of nitrogens with one attached hydrogen (secondary N) is 2. The Kier molecular flexibility index (Phi) is 6.56. The lowest BCUT2D eigenvalue weighted by Gasteiger charge is -2.13. The molecule has 0 radical (unpaired) electrons. The third-order valence-corrected chi connectivity index (χ3v) is 6.85. The number of benzene rings is 2. The van der Waals surface area contributed by atoms with Gasteiger partial charge in [-0.1, -0.05) is 25.1 Å². The van der Waals surface area contributed by atoms with Crippen LogP contribution in [0, 0.1) is 11.6 Å². The number of anilines is 1. The molecule has 2 aromatic heterocycles. The van der Waals surface area contributed by atoms with E-state index in [1.165, 1.54) is 30.5 Å². The Balaban J connectivity index is 1.82. The second-order valence-electron chi connectivity index (χ2n) is 7.90. The van der Waals surface area contributed by atoms with Gasteiger partial charge in [0.15, 0.2) is 5.82 Å². The number of aromatic nitrogens is 2. The summed E-state index contributed by atoms with van der Waals surface area (Å²) >= 11 is 0. The number of aromatic amines is 1. The van der Waals surface area contributed by atoms with Crippen molar-refractivity contribution in [3.8, 4) is 11.1 Å². The molecule has 0 bridgehead atoms. The molecule has 0 aliphatic rings. The largest absolute Gasteiger partial charge is 0.417 e. The molecular weight excluding hydrogens is 505 g/mol. The third kappa shape index (κ3) is 4.81. The van der Waals surface area contributed by atoms with Crippen molar-refractivity contribution in [1.82, 2.24) is 9.97 Å². The van der Waals surface area contributed by atoms with Crippen LogP contribution in [0.1, 0.15) is 34.8 Å². The first-order valence-corrected chi connectivity index (χ1v) is 12.2. The van der Waals surface area contributed by atoms with Crippen LogP contribution in [-0.2, 0) is 16.2 Å². The number of ketones is 1. The molecule has 0 aliphatic carbocycles. The van der Waals surface area contributed by atoms with E-state index in [0.717, 1.165) is 24.4 Å². The molecule has 0 saturated carbocycles. The first-order valence-electron chi connectivity index (χ1n) is 10.6. The summed E-state index contributed by atoms with van der Waals surface area (Å²) in [5, 5.41) is 0.0326. The Bertz CT molecular complexity index is 1580. The van der Waals surface area contributed by atoms with E-state index in [0.29, 0.717) is 0 Å². The van der Waals surface area contributed by atoms with Gasteiger partial charge in [0.2, 0.25) is 15.8 Å². The number of pyridine rings is 1. The lowest BCUT2D eigenvalue weighted by molar-refractivity contribution is -0.137. The first-order chi connectivity index (χ1) is 16.9. The topological polar surface area (TPSA) is 91.9 Å². The van der Waals surface area contributed by atoms with E-state index in [1.807, 2.05) is 4.72 Å². The molecule has 188 valence electrons. The second-order valence-corrected chi connectivity index (χ2v) is 9.74. The van der Waals surface area contributed by atoms with Gasteiger partial charge in [0.1, 0.15) is 11.5 Å². The van der Waals surface area contributed by atoms with E-state index in [1.54, 1.807) is 6.92 Å². The minimum Gasteiger partial charge on any atom is -0.345 e. The molecule has 0 fully saturated rings. The Morgan fingerprint density at radius 1 is 1.11 bits per heavy atom. The van der Waals surface area contributed by atoms with E-state index >= 15 is 4.39 Å². The van der Waals surface area contributed by atoms with Gasteiger partial charge in [-0.25, -0.2) is 22.2 Å². The van der Waals surface area contributed by atoms with Crippen molar-refractivity contribution in [2.24, 2.45) is 0 Å². The molecular formula is C24H18F5N3O3S. The molecule has 12 heteroatoms. The molecule has 0 amide bonds. The van der Waals surface area contributed by atoms with Gasteiger partial charge in [0.25, 0.3) is 0 Å². The Morgan fingerprint density at radius 3 is 2.53 bits per heavy atom. The summed E-state index contributed by atoms with van der Waals surface area (Å²) in [5.74, 6) is -4.11. The second kappa shape index (κ2) is 9.34. The average Bonchev–Trinajstić information content (AvgIpc) is 3.23. The normalized spacial score (nSPS) is 12.2. The first kappa shape index (κ1) is 25.3. The van der Waals surface area contributed by atoms with Crippen molar-refractivity contribution >= 4 is 32.5 Å². The summed E-state index contributed by atoms with van der Waals surface area (Å²) in [5.41, 5.74) is -2.85. The number of H-pyrrole nitrogens is 1. The molecule has 2 heterocycles. The molecule has 6 nitrogen and oxygen atoms in total. The van der Waals surface area contributed by atoms with E-state index in [9.17, 15) is 30.8 Å². The van der Waals surface area contributed by atoms with Crippen molar-refractivity contribution in [1.29, 1.82) is 0 Å². The molecule has 0 aliphatic heterocycles. The Hall–Kier alpha value is -3.80. The van der Waals surface area contributed by atoms with Crippen LogP contribution >= 0.6 is 0 Å². The number of carbonyl (C=O) groups excluding carboxylic acids is 1. The van der Waals surface area contributed by atoms with Crippen LogP contribution in [0.25, 0.3) is 22.2 Å². The average molecular weight is 523 g/mol. The van der Waals surface area contributed by atoms with Crippen molar-refractivity contribution in [3.05, 3.63) is 83.2 Å². The number of halogens is 5. The van der Waals surface area contributed by atoms with Crippen LogP contribution in [0.2, 0.25) is 0 Å². The molecule has 2 N–H and O–H groups in total. The molecule has 2 aromatic carbocycles. The van der Waals surface area contributed by atoms with Gasteiger partial charge in [-0.05, 0) is 36.2 Å². The summed E-state index contributed by atoms with van der Waals surface area (Å²) in [6, 6.07) is 7.66. The van der Waals surface area contributed by atoms with Crippen molar-refractivity contribution < 1.29 is 35.2 Å². The molecule has 0 saturated heterocycles. The summed E-state index contributed by atoms with van der Waals surface area (Å²) < 4.78 is 96.3. The maximum atomic E-state index is 15.1. The molecule has 4 rings (SSSR count). The zero-order valence-electron chi connectivity index (χ0n) is 18.6. The number of hydrogen-bond donors (Lipinski definition) is 2. The predicted molar refractivity (Wildman–Crippen MR) is 124 cm³/mol. The van der Waals surface area contributed by atoms with Gasteiger partial charge >= 0.3 is 6.18 Å². The number of nitrogens with zero attached hydrogens (tertiary/aromatic N) is 1. The van der Waals surface area contributed by atoms with Gasteiger partial charge in [-0.3, -0.25) is 9.52 Å². The van der Waals surface area contributed by atoms with Crippen LogP contribution in [0.5, 0.6) is 0 Å². The standard InChI is InChI=1S/C24H18F5N3O3S/c1-2-9-36(34,35)32-19-8-7-18(25)20(21(19)26)22(33)16-12-31-23-15(16)10-13(11-30-23)14-5-3-4-6-17(14)24(27,28)29/h3-8,10-12,32H,2,9H2,1H3,(H,30,31). The highest BCUT2D eigenvalue weighted by Crippen LogP contribution is 2.38. The predicted octanol–water partition coefficient (Wildman–Crippen LogP) is 5.91. The molecule has 36 heavy (non-hydrogen) atoms. The number of carbonyl (C=O) groups is 1. The maximum Gasteiger partial charge on any atom is 0.417 e. The maximum absolute atomic E-state index is 15.1. The summed E-state index contributed by atoms with van der Waals surface area (Å²) in [6.07, 6.45) is -2.10. The number of rotatable bonds is 7. The Morgan fingerprint density at radius 2 is 1.83 bits per heavy atom. The fourth-order valence-electron chi connectivity index (χ4n) is 3.78. The van der Waals surface area contributed by atoms with E-state index < -0.39 is 50.4 Å². The smallest absolute Gasteiger partial charge is 0.345 e. The monoisotopic (exact) mass is 523 g/mol. The fraction of sp³-hybridized carbons (Fsp3) is 0.167. The number of fused-ring (bicyclic) bond motifs is 1. The van der Waals surface area contributed by atoms with Crippen LogP contribution in [0.4, 0.5) is 27.6 Å². The minimum atomic E-state index is -4.65. The highest BCUT2D eigenvalue weighted by molar-refractivity contribution is 7.92. The highest BCUT2D eigenvalue weighted by atomic mass is 32.2.